The fourth-order valence-electron chi connectivity index (χ4n) is 2.32. The van der Waals surface area contributed by atoms with Crippen molar-refractivity contribution in [2.75, 3.05) is 27.3 Å². The van der Waals surface area contributed by atoms with Crippen LogP contribution in [0.1, 0.15) is 50.7 Å². The summed E-state index contributed by atoms with van der Waals surface area (Å²) in [4.78, 5) is 8.36. The van der Waals surface area contributed by atoms with Gasteiger partial charge in [0.15, 0.2) is 0 Å². The Morgan fingerprint density at radius 3 is 1.42 bits per heavy atom. The largest absolute Gasteiger partial charge is 2.00 e. The Morgan fingerprint density at radius 1 is 0.742 bits per heavy atom. The molecule has 0 saturated carbocycles. The minimum absolute atomic E-state index is 0. The summed E-state index contributed by atoms with van der Waals surface area (Å²) in [7, 11) is 3.09. The van der Waals surface area contributed by atoms with E-state index < -0.39 is 0 Å². The zero-order chi connectivity index (χ0) is 22.2. The second-order valence-corrected chi connectivity index (χ2v) is 6.59. The van der Waals surface area contributed by atoms with Crippen molar-refractivity contribution in [3.8, 4) is 23.0 Å². The van der Waals surface area contributed by atoms with Gasteiger partial charge in [0.2, 0.25) is 0 Å². The minimum atomic E-state index is -0.0467. The first-order valence-electron chi connectivity index (χ1n) is 10.2. The quantitative estimate of drug-likeness (QED) is 0.294. The van der Waals surface area contributed by atoms with Crippen LogP contribution in [-0.2, 0) is 19.5 Å². The van der Waals surface area contributed by atoms with E-state index in [4.69, 9.17) is 9.47 Å². The van der Waals surface area contributed by atoms with Crippen molar-refractivity contribution < 1.29 is 39.2 Å². The second-order valence-electron chi connectivity index (χ2n) is 6.59. The second kappa shape index (κ2) is 17.3. The van der Waals surface area contributed by atoms with E-state index in [1.54, 1.807) is 50.9 Å². The molecule has 0 fully saturated rings. The third-order valence-corrected chi connectivity index (χ3v) is 4.18. The number of aliphatic imine (C=N–C) groups is 2. The van der Waals surface area contributed by atoms with Crippen molar-refractivity contribution in [3.05, 3.63) is 47.5 Å². The minimum Gasteiger partial charge on any atom is -0.872 e. The Kier molecular flexibility index (Phi) is 16.0. The molecular weight excluding hydrogens is 446 g/mol. The fraction of sp³-hybridized carbons (Fsp3) is 0.417. The topological polar surface area (TPSA) is 89.3 Å². The van der Waals surface area contributed by atoms with Gasteiger partial charge in [0.1, 0.15) is 11.5 Å². The molecule has 2 aromatic rings. The van der Waals surface area contributed by atoms with Crippen molar-refractivity contribution in [1.29, 1.82) is 0 Å². The van der Waals surface area contributed by atoms with Gasteiger partial charge in [-0.2, -0.15) is 0 Å². The number of hydrogen-bond acceptors (Lipinski definition) is 6. The summed E-state index contributed by atoms with van der Waals surface area (Å²) < 4.78 is 9.90. The number of benzene rings is 2. The molecule has 7 heteroatoms. The smallest absolute Gasteiger partial charge is 0.872 e. The molecule has 2 rings (SSSR count). The molecule has 0 heterocycles. The molecular formula is C24H32N2O4Zn. The van der Waals surface area contributed by atoms with Crippen LogP contribution in [-0.4, -0.2) is 39.7 Å². The van der Waals surface area contributed by atoms with E-state index in [-0.39, 0.29) is 31.0 Å². The first-order chi connectivity index (χ1) is 14.5. The molecule has 0 aromatic heterocycles. The van der Waals surface area contributed by atoms with Gasteiger partial charge in [0.05, 0.1) is 14.2 Å². The Hall–Kier alpha value is -2.40. The Bertz CT molecular complexity index is 743. The van der Waals surface area contributed by atoms with E-state index in [0.717, 1.165) is 38.8 Å². The van der Waals surface area contributed by atoms with Crippen LogP contribution in [0, 0.1) is 0 Å². The van der Waals surface area contributed by atoms with E-state index in [1.807, 2.05) is 0 Å². The van der Waals surface area contributed by atoms with Crippen LogP contribution in [0.4, 0.5) is 0 Å². The van der Waals surface area contributed by atoms with Crippen LogP contribution in [0.2, 0.25) is 0 Å². The van der Waals surface area contributed by atoms with E-state index in [2.05, 4.69) is 23.8 Å². The van der Waals surface area contributed by atoms with Gasteiger partial charge in [-0.05, 0) is 48.2 Å². The molecule has 0 atom stereocenters. The zero-order valence-corrected chi connectivity index (χ0v) is 22.1. The van der Waals surface area contributed by atoms with Gasteiger partial charge in [0, 0.05) is 25.5 Å². The number of unbranched alkanes of at least 4 members (excludes halogenated alkanes) is 2. The monoisotopic (exact) mass is 476 g/mol. The van der Waals surface area contributed by atoms with Crippen LogP contribution in [0.3, 0.4) is 0 Å². The van der Waals surface area contributed by atoms with Gasteiger partial charge in [0.25, 0.3) is 0 Å². The van der Waals surface area contributed by atoms with Crippen molar-refractivity contribution in [3.63, 3.8) is 0 Å². The van der Waals surface area contributed by atoms with Crippen LogP contribution >= 0.6 is 0 Å². The number of hydrogen-bond donors (Lipinski definition) is 0. The van der Waals surface area contributed by atoms with Gasteiger partial charge in [-0.1, -0.05) is 50.3 Å². The molecule has 0 amide bonds. The first-order valence-corrected chi connectivity index (χ1v) is 10.2. The molecule has 164 valence electrons. The first kappa shape index (κ1) is 28.6. The van der Waals surface area contributed by atoms with Crippen molar-refractivity contribution in [2.24, 2.45) is 9.98 Å². The predicted octanol–water partition coefficient (Wildman–Crippen LogP) is 3.97. The average Bonchev–Trinajstić information content (AvgIpc) is 2.76. The van der Waals surface area contributed by atoms with Gasteiger partial charge in [-0.3, -0.25) is 9.98 Å². The van der Waals surface area contributed by atoms with Crippen LogP contribution in [0.5, 0.6) is 23.0 Å². The van der Waals surface area contributed by atoms with Crippen molar-refractivity contribution >= 4 is 12.4 Å². The number of ether oxygens (including phenoxy) is 2. The summed E-state index contributed by atoms with van der Waals surface area (Å²) in [5.74, 6) is 1.08. The molecule has 31 heavy (non-hydrogen) atoms. The molecule has 6 nitrogen and oxygen atoms in total. The zero-order valence-electron chi connectivity index (χ0n) is 19.1. The summed E-state index contributed by atoms with van der Waals surface area (Å²) >= 11 is 0. The van der Waals surface area contributed by atoms with Gasteiger partial charge >= 0.3 is 19.5 Å². The normalized spacial score (nSPS) is 10.5. The third-order valence-electron chi connectivity index (χ3n) is 4.18. The Balaban J connectivity index is 0.000000562. The molecule has 0 radical (unpaired) electrons. The molecule has 0 aliphatic rings. The molecule has 0 spiro atoms. The third kappa shape index (κ3) is 11.5. The standard InChI is InChI=1S/2C12H17NO2.Zn/c2*1-3-4-7-13-9-10-5-6-11(15-2)8-12(10)14;/h2*5-6,8-9,14H,3-4,7H2,1-2H3;/q;;+2/p-2. The summed E-state index contributed by atoms with van der Waals surface area (Å²) in [6, 6.07) is 9.95. The van der Waals surface area contributed by atoms with Gasteiger partial charge < -0.3 is 19.7 Å². The molecule has 0 saturated heterocycles. The average molecular weight is 478 g/mol. The van der Waals surface area contributed by atoms with E-state index in [9.17, 15) is 10.2 Å². The van der Waals surface area contributed by atoms with Gasteiger partial charge in [-0.15, -0.1) is 0 Å². The van der Waals surface area contributed by atoms with E-state index >= 15 is 0 Å². The molecule has 2 aromatic carbocycles. The molecule has 0 aliphatic heterocycles. The summed E-state index contributed by atoms with van der Waals surface area (Å²) in [5, 5.41) is 23.0. The van der Waals surface area contributed by atoms with Gasteiger partial charge in [-0.25, -0.2) is 0 Å². The number of rotatable bonds is 10. The summed E-state index contributed by atoms with van der Waals surface area (Å²) in [5.41, 5.74) is 1.24. The van der Waals surface area contributed by atoms with Crippen LogP contribution in [0.15, 0.2) is 46.4 Å². The Morgan fingerprint density at radius 2 is 1.13 bits per heavy atom. The molecule has 0 aliphatic carbocycles. The molecule has 0 N–H and O–H groups in total. The molecule has 0 unspecified atom stereocenters. The molecule has 0 bridgehead atoms. The fourth-order valence-corrected chi connectivity index (χ4v) is 2.32. The van der Waals surface area contributed by atoms with Crippen molar-refractivity contribution in [1.82, 2.24) is 0 Å². The SMILES string of the molecule is CCCCN=Cc1ccc(OC)cc1[O-].CCCCN=Cc1ccc(OC)cc1[O-].[Zn+2]. The maximum absolute atomic E-state index is 11.5. The number of nitrogens with zero attached hydrogens (tertiary/aromatic N) is 2. The van der Waals surface area contributed by atoms with Crippen LogP contribution in [0.25, 0.3) is 0 Å². The summed E-state index contributed by atoms with van der Waals surface area (Å²) in [6.45, 7) is 5.79. The van der Waals surface area contributed by atoms with E-state index in [1.165, 1.54) is 12.1 Å². The predicted molar refractivity (Wildman–Crippen MR) is 120 cm³/mol. The van der Waals surface area contributed by atoms with Crippen molar-refractivity contribution in [2.45, 2.75) is 39.5 Å². The number of methoxy groups -OCH3 is 2. The van der Waals surface area contributed by atoms with Crippen LogP contribution < -0.4 is 19.7 Å². The maximum atomic E-state index is 11.5. The van der Waals surface area contributed by atoms with E-state index in [0.29, 0.717) is 22.6 Å². The summed E-state index contributed by atoms with van der Waals surface area (Å²) in [6.07, 6.45) is 7.62. The maximum Gasteiger partial charge on any atom is 2.00 e. The Labute approximate surface area is 198 Å².